The minimum Gasteiger partial charge on any atom is -0.497 e. The Morgan fingerprint density at radius 3 is 2.34 bits per heavy atom. The first-order valence-electron chi connectivity index (χ1n) is 9.83. The van der Waals surface area contributed by atoms with Crippen molar-refractivity contribution in [1.29, 1.82) is 0 Å². The lowest BCUT2D eigenvalue weighted by Gasteiger charge is -2.34. The Hall–Kier alpha value is -2.90. The molecule has 1 aliphatic rings. The van der Waals surface area contributed by atoms with E-state index in [9.17, 15) is 0 Å². The molecule has 0 aliphatic carbocycles. The lowest BCUT2D eigenvalue weighted by Crippen LogP contribution is -2.45. The van der Waals surface area contributed by atoms with Crippen molar-refractivity contribution < 1.29 is 9.47 Å². The predicted molar refractivity (Wildman–Crippen MR) is 114 cm³/mol. The van der Waals surface area contributed by atoms with Crippen LogP contribution >= 0.6 is 0 Å². The smallest absolute Gasteiger partial charge is 0.145 e. The number of anilines is 1. The molecule has 7 nitrogen and oxygen atoms in total. The normalized spacial score (nSPS) is 15.5. The minimum atomic E-state index is 0.550. The molecular formula is C22H27N5O2. The Morgan fingerprint density at radius 2 is 1.62 bits per heavy atom. The zero-order valence-corrected chi connectivity index (χ0v) is 17.0. The number of para-hydroxylation sites is 1. The second-order valence-corrected chi connectivity index (χ2v) is 7.27. The van der Waals surface area contributed by atoms with E-state index in [4.69, 9.17) is 15.2 Å². The van der Waals surface area contributed by atoms with Crippen LogP contribution in [0, 0.1) is 0 Å². The molecule has 7 heteroatoms. The summed E-state index contributed by atoms with van der Waals surface area (Å²) in [5.41, 5.74) is 8.17. The van der Waals surface area contributed by atoms with Crippen LogP contribution in [-0.2, 0) is 13.1 Å². The number of benzene rings is 2. The maximum atomic E-state index is 6.12. The van der Waals surface area contributed by atoms with Crippen LogP contribution in [0.1, 0.15) is 11.4 Å². The highest BCUT2D eigenvalue weighted by molar-refractivity contribution is 5.87. The number of fused-ring (bicyclic) bond motifs is 1. The summed E-state index contributed by atoms with van der Waals surface area (Å²) in [7, 11) is 3.39. The standard InChI is InChI=1S/C22H27N5O2/c1-28-17-7-8-20(29-2)16(13-17)14-26-9-11-27(12-10-26)15-21-24-19-6-4-3-5-18(19)22(23)25-21/h3-8,13H,9-12,14-15H2,1-2H3,(H2,23,24,25). The summed E-state index contributed by atoms with van der Waals surface area (Å²) in [4.78, 5) is 14.0. The third kappa shape index (κ3) is 4.41. The molecule has 3 aromatic rings. The van der Waals surface area contributed by atoms with Crippen molar-refractivity contribution in [2.24, 2.45) is 0 Å². The van der Waals surface area contributed by atoms with Gasteiger partial charge in [-0.25, -0.2) is 9.97 Å². The third-order valence-electron chi connectivity index (χ3n) is 5.39. The molecule has 0 unspecified atom stereocenters. The molecule has 2 heterocycles. The molecule has 0 bridgehead atoms. The van der Waals surface area contributed by atoms with Gasteiger partial charge in [-0.2, -0.15) is 0 Å². The highest BCUT2D eigenvalue weighted by Crippen LogP contribution is 2.26. The first-order chi connectivity index (χ1) is 14.2. The van der Waals surface area contributed by atoms with E-state index in [-0.39, 0.29) is 0 Å². The minimum absolute atomic E-state index is 0.550. The summed E-state index contributed by atoms with van der Waals surface area (Å²) in [6, 6.07) is 13.8. The molecule has 1 aliphatic heterocycles. The van der Waals surface area contributed by atoms with Gasteiger partial charge in [0, 0.05) is 43.7 Å². The lowest BCUT2D eigenvalue weighted by molar-refractivity contribution is 0.119. The zero-order valence-electron chi connectivity index (χ0n) is 17.0. The molecular weight excluding hydrogens is 366 g/mol. The number of methoxy groups -OCH3 is 2. The number of nitrogens with two attached hydrogens (primary N) is 1. The van der Waals surface area contributed by atoms with Crippen LogP contribution in [0.3, 0.4) is 0 Å². The average Bonchev–Trinajstić information content (AvgIpc) is 2.75. The van der Waals surface area contributed by atoms with Crippen LogP contribution in [0.5, 0.6) is 11.5 Å². The largest absolute Gasteiger partial charge is 0.497 e. The number of nitrogens with zero attached hydrogens (tertiary/aromatic N) is 4. The van der Waals surface area contributed by atoms with E-state index < -0.39 is 0 Å². The summed E-state index contributed by atoms with van der Waals surface area (Å²) < 4.78 is 10.9. The van der Waals surface area contributed by atoms with Crippen molar-refractivity contribution in [2.75, 3.05) is 46.1 Å². The number of piperazine rings is 1. The number of rotatable bonds is 6. The molecule has 0 atom stereocenters. The van der Waals surface area contributed by atoms with Crippen LogP contribution in [0.15, 0.2) is 42.5 Å². The van der Waals surface area contributed by atoms with E-state index in [1.807, 2.05) is 36.4 Å². The Morgan fingerprint density at radius 1 is 0.897 bits per heavy atom. The number of ether oxygens (including phenoxy) is 2. The fraction of sp³-hybridized carbons (Fsp3) is 0.364. The van der Waals surface area contributed by atoms with E-state index in [2.05, 4.69) is 25.8 Å². The van der Waals surface area contributed by atoms with E-state index in [1.54, 1.807) is 14.2 Å². The van der Waals surface area contributed by atoms with Crippen molar-refractivity contribution >= 4 is 16.7 Å². The molecule has 29 heavy (non-hydrogen) atoms. The SMILES string of the molecule is COc1ccc(OC)c(CN2CCN(Cc3nc(N)c4ccccc4n3)CC2)c1. The van der Waals surface area contributed by atoms with Crippen LogP contribution in [0.2, 0.25) is 0 Å². The van der Waals surface area contributed by atoms with Gasteiger partial charge in [0.2, 0.25) is 0 Å². The molecule has 4 rings (SSSR count). The van der Waals surface area contributed by atoms with Gasteiger partial charge >= 0.3 is 0 Å². The van der Waals surface area contributed by atoms with Crippen LogP contribution in [-0.4, -0.2) is 60.2 Å². The molecule has 0 radical (unpaired) electrons. The van der Waals surface area contributed by atoms with Crippen LogP contribution in [0.4, 0.5) is 5.82 Å². The molecule has 0 amide bonds. The van der Waals surface area contributed by atoms with Gasteiger partial charge in [-0.1, -0.05) is 12.1 Å². The van der Waals surface area contributed by atoms with E-state index in [0.717, 1.165) is 66.5 Å². The number of nitrogen functional groups attached to an aromatic ring is 1. The van der Waals surface area contributed by atoms with Crippen LogP contribution < -0.4 is 15.2 Å². The highest BCUT2D eigenvalue weighted by atomic mass is 16.5. The Kier molecular flexibility index (Phi) is 5.78. The van der Waals surface area contributed by atoms with Gasteiger partial charge in [0.1, 0.15) is 23.1 Å². The molecule has 1 aromatic heterocycles. The molecule has 0 saturated carbocycles. The second kappa shape index (κ2) is 8.63. The Bertz CT molecular complexity index is 986. The summed E-state index contributed by atoms with van der Waals surface area (Å²) in [6.45, 7) is 5.43. The second-order valence-electron chi connectivity index (χ2n) is 7.27. The van der Waals surface area contributed by atoms with Crippen molar-refractivity contribution in [1.82, 2.24) is 19.8 Å². The summed E-state index contributed by atoms with van der Waals surface area (Å²) in [6.07, 6.45) is 0. The summed E-state index contributed by atoms with van der Waals surface area (Å²) in [5.74, 6) is 3.08. The Balaban J connectivity index is 1.38. The van der Waals surface area contributed by atoms with Gasteiger partial charge in [-0.3, -0.25) is 9.80 Å². The maximum absolute atomic E-state index is 6.12. The fourth-order valence-corrected chi connectivity index (χ4v) is 3.77. The van der Waals surface area contributed by atoms with Gasteiger partial charge in [0.05, 0.1) is 26.3 Å². The molecule has 2 N–H and O–H groups in total. The summed E-state index contributed by atoms with van der Waals surface area (Å²) in [5, 5.41) is 0.910. The quantitative estimate of drug-likeness (QED) is 0.690. The molecule has 0 spiro atoms. The van der Waals surface area contributed by atoms with Gasteiger partial charge in [-0.05, 0) is 30.3 Å². The highest BCUT2D eigenvalue weighted by Gasteiger charge is 2.20. The number of hydrogen-bond donors (Lipinski definition) is 1. The zero-order chi connectivity index (χ0) is 20.2. The van der Waals surface area contributed by atoms with E-state index in [1.165, 1.54) is 0 Å². The maximum Gasteiger partial charge on any atom is 0.145 e. The average molecular weight is 393 g/mol. The van der Waals surface area contributed by atoms with Gasteiger partial charge in [-0.15, -0.1) is 0 Å². The monoisotopic (exact) mass is 393 g/mol. The third-order valence-corrected chi connectivity index (χ3v) is 5.39. The van der Waals surface area contributed by atoms with E-state index >= 15 is 0 Å². The molecule has 2 aromatic carbocycles. The fourth-order valence-electron chi connectivity index (χ4n) is 3.77. The van der Waals surface area contributed by atoms with E-state index in [0.29, 0.717) is 12.4 Å². The lowest BCUT2D eigenvalue weighted by atomic mass is 10.1. The molecule has 1 saturated heterocycles. The van der Waals surface area contributed by atoms with Gasteiger partial charge in [0.25, 0.3) is 0 Å². The van der Waals surface area contributed by atoms with Crippen molar-refractivity contribution in [3.05, 3.63) is 53.9 Å². The topological polar surface area (TPSA) is 76.7 Å². The Labute approximate surface area is 171 Å². The van der Waals surface area contributed by atoms with Gasteiger partial charge < -0.3 is 15.2 Å². The first-order valence-corrected chi connectivity index (χ1v) is 9.83. The molecule has 152 valence electrons. The number of aromatic nitrogens is 2. The van der Waals surface area contributed by atoms with Crippen LogP contribution in [0.25, 0.3) is 10.9 Å². The van der Waals surface area contributed by atoms with Crippen molar-refractivity contribution in [3.63, 3.8) is 0 Å². The predicted octanol–water partition coefficient (Wildman–Crippen LogP) is 2.55. The first kappa shape index (κ1) is 19.4. The molecule has 1 fully saturated rings. The van der Waals surface area contributed by atoms with Gasteiger partial charge in [0.15, 0.2) is 0 Å². The number of hydrogen-bond acceptors (Lipinski definition) is 7. The van der Waals surface area contributed by atoms with Crippen molar-refractivity contribution in [2.45, 2.75) is 13.1 Å². The van der Waals surface area contributed by atoms with Crippen molar-refractivity contribution in [3.8, 4) is 11.5 Å². The summed E-state index contributed by atoms with van der Waals surface area (Å²) >= 11 is 0.